The molecule has 0 spiro atoms. The topological polar surface area (TPSA) is 76.1 Å². The zero-order chi connectivity index (χ0) is 11.4. The molecule has 2 unspecified atom stereocenters. The molecular weight excluding hydrogens is 202 g/mol. The van der Waals surface area contributed by atoms with E-state index >= 15 is 0 Å². The second-order valence-corrected chi connectivity index (χ2v) is 3.43. The van der Waals surface area contributed by atoms with Crippen molar-refractivity contribution >= 4 is 11.9 Å². The Bertz CT molecular complexity index is 255. The minimum absolute atomic E-state index is 0.00662. The quantitative estimate of drug-likeness (QED) is 0.596. The monoisotopic (exact) mass is 217 g/mol. The van der Waals surface area contributed by atoms with Crippen LogP contribution in [0.5, 0.6) is 0 Å². The number of hydrogen-bond donors (Lipinski definition) is 1. The van der Waals surface area contributed by atoms with Crippen LogP contribution in [0.4, 0.5) is 0 Å². The predicted octanol–water partition coefficient (Wildman–Crippen LogP) is -1.23. The number of hydrogen-bond acceptors (Lipinski definition) is 6. The van der Waals surface area contributed by atoms with E-state index in [0.717, 1.165) is 0 Å². The number of β-amino-alcohol motifs (C(OH)–C–C–N with tert-alkyl or cyclic N) is 1. The maximum atomic E-state index is 11.3. The summed E-state index contributed by atoms with van der Waals surface area (Å²) in [6.45, 7) is 0.280. The van der Waals surface area contributed by atoms with Crippen LogP contribution in [-0.4, -0.2) is 61.4 Å². The number of carbonyl (C=O) groups excluding carboxylic acids is 2. The molecule has 0 amide bonds. The number of carbonyl (C=O) groups is 2. The third-order valence-electron chi connectivity index (χ3n) is 2.41. The minimum Gasteiger partial charge on any atom is -0.468 e. The molecule has 6 heteroatoms. The number of aliphatic hydroxyl groups excluding tert-OH is 1. The Labute approximate surface area is 87.8 Å². The molecule has 2 atom stereocenters. The Kier molecular flexibility index (Phi) is 4.05. The smallest absolute Gasteiger partial charge is 0.323 e. The van der Waals surface area contributed by atoms with E-state index in [1.165, 1.54) is 14.2 Å². The Hall–Kier alpha value is -1.14. The van der Waals surface area contributed by atoms with Gasteiger partial charge in [0.2, 0.25) is 0 Å². The second-order valence-electron chi connectivity index (χ2n) is 3.43. The number of ether oxygens (including phenoxy) is 2. The summed E-state index contributed by atoms with van der Waals surface area (Å²) < 4.78 is 9.08. The lowest BCUT2D eigenvalue weighted by atomic mass is 10.2. The number of rotatable bonds is 3. The maximum Gasteiger partial charge on any atom is 0.323 e. The Morgan fingerprint density at radius 2 is 2.07 bits per heavy atom. The number of aliphatic hydroxyl groups is 1. The van der Waals surface area contributed by atoms with Crippen LogP contribution in [0.25, 0.3) is 0 Å². The highest BCUT2D eigenvalue weighted by atomic mass is 16.5. The molecular formula is C9H15NO5. The summed E-state index contributed by atoms with van der Waals surface area (Å²) in [7, 11) is 2.56. The van der Waals surface area contributed by atoms with Gasteiger partial charge in [-0.05, 0) is 0 Å². The van der Waals surface area contributed by atoms with E-state index in [9.17, 15) is 14.7 Å². The van der Waals surface area contributed by atoms with Gasteiger partial charge in [0.1, 0.15) is 6.04 Å². The van der Waals surface area contributed by atoms with Crippen molar-refractivity contribution < 1.29 is 24.2 Å². The van der Waals surface area contributed by atoms with Crippen LogP contribution >= 0.6 is 0 Å². The zero-order valence-corrected chi connectivity index (χ0v) is 8.80. The van der Waals surface area contributed by atoms with Gasteiger partial charge in [0.05, 0.1) is 26.9 Å². The van der Waals surface area contributed by atoms with Gasteiger partial charge in [0.15, 0.2) is 0 Å². The van der Waals surface area contributed by atoms with Crippen molar-refractivity contribution in [1.82, 2.24) is 4.90 Å². The average Bonchev–Trinajstić information content (AvgIpc) is 2.58. The van der Waals surface area contributed by atoms with Crippen LogP contribution < -0.4 is 0 Å². The highest BCUT2D eigenvalue weighted by Gasteiger charge is 2.37. The molecule has 0 aromatic carbocycles. The molecule has 0 bridgehead atoms. The molecule has 0 aromatic heterocycles. The lowest BCUT2D eigenvalue weighted by Crippen LogP contribution is -2.40. The van der Waals surface area contributed by atoms with Crippen molar-refractivity contribution in [2.75, 3.05) is 27.3 Å². The van der Waals surface area contributed by atoms with Gasteiger partial charge in [0, 0.05) is 13.0 Å². The largest absolute Gasteiger partial charge is 0.468 e. The number of likely N-dealkylation sites (tertiary alicyclic amines) is 1. The first kappa shape index (κ1) is 11.9. The Balaban J connectivity index is 2.60. The van der Waals surface area contributed by atoms with Gasteiger partial charge >= 0.3 is 11.9 Å². The van der Waals surface area contributed by atoms with Crippen molar-refractivity contribution in [1.29, 1.82) is 0 Å². The summed E-state index contributed by atoms with van der Waals surface area (Å²) in [4.78, 5) is 23.9. The van der Waals surface area contributed by atoms with Gasteiger partial charge in [-0.25, -0.2) is 0 Å². The van der Waals surface area contributed by atoms with E-state index in [2.05, 4.69) is 9.47 Å². The molecule has 0 aromatic rings. The first-order valence-electron chi connectivity index (χ1n) is 4.65. The number of esters is 2. The van der Waals surface area contributed by atoms with Crippen LogP contribution in [0, 0.1) is 0 Å². The maximum absolute atomic E-state index is 11.3. The molecule has 0 saturated carbocycles. The summed E-state index contributed by atoms with van der Waals surface area (Å²) in [6, 6.07) is -0.552. The van der Waals surface area contributed by atoms with Crippen LogP contribution in [0.2, 0.25) is 0 Å². The molecule has 6 nitrogen and oxygen atoms in total. The molecule has 15 heavy (non-hydrogen) atoms. The Morgan fingerprint density at radius 3 is 2.60 bits per heavy atom. The van der Waals surface area contributed by atoms with Crippen molar-refractivity contribution in [3.63, 3.8) is 0 Å². The fraction of sp³-hybridized carbons (Fsp3) is 0.778. The van der Waals surface area contributed by atoms with Crippen molar-refractivity contribution in [3.05, 3.63) is 0 Å². The van der Waals surface area contributed by atoms with E-state index < -0.39 is 24.1 Å². The van der Waals surface area contributed by atoms with Crippen LogP contribution in [-0.2, 0) is 19.1 Å². The Morgan fingerprint density at radius 1 is 1.40 bits per heavy atom. The third kappa shape index (κ3) is 2.90. The molecule has 1 heterocycles. The van der Waals surface area contributed by atoms with Crippen molar-refractivity contribution in [3.8, 4) is 0 Å². The molecule has 1 aliphatic rings. The fourth-order valence-electron chi connectivity index (χ4n) is 1.67. The first-order chi connectivity index (χ1) is 7.08. The molecule has 1 saturated heterocycles. The highest BCUT2D eigenvalue weighted by Crippen LogP contribution is 2.18. The highest BCUT2D eigenvalue weighted by molar-refractivity contribution is 5.78. The van der Waals surface area contributed by atoms with Crippen molar-refractivity contribution in [2.24, 2.45) is 0 Å². The summed E-state index contributed by atoms with van der Waals surface area (Å²) in [5.74, 6) is -0.867. The SMILES string of the molecule is COC(=O)CN1CC(O)CC1C(=O)OC. The lowest BCUT2D eigenvalue weighted by Gasteiger charge is -2.20. The normalized spacial score (nSPS) is 26.3. The standard InChI is InChI=1S/C9H15NO5/c1-14-8(12)5-10-4-6(11)3-7(10)9(13)15-2/h6-7,11H,3-5H2,1-2H3. The average molecular weight is 217 g/mol. The van der Waals surface area contributed by atoms with Crippen LogP contribution in [0.1, 0.15) is 6.42 Å². The first-order valence-corrected chi connectivity index (χ1v) is 4.65. The van der Waals surface area contributed by atoms with Gasteiger partial charge in [0.25, 0.3) is 0 Å². The van der Waals surface area contributed by atoms with E-state index in [-0.39, 0.29) is 13.1 Å². The molecule has 0 aliphatic carbocycles. The van der Waals surface area contributed by atoms with Gasteiger partial charge in [-0.2, -0.15) is 0 Å². The summed E-state index contributed by atoms with van der Waals surface area (Å²) >= 11 is 0. The number of nitrogens with zero attached hydrogens (tertiary/aromatic N) is 1. The van der Waals surface area contributed by atoms with Gasteiger partial charge < -0.3 is 14.6 Å². The van der Waals surface area contributed by atoms with Crippen LogP contribution in [0.15, 0.2) is 0 Å². The molecule has 1 N–H and O–H groups in total. The van der Waals surface area contributed by atoms with Crippen LogP contribution in [0.3, 0.4) is 0 Å². The molecule has 1 rings (SSSR count). The molecule has 1 aliphatic heterocycles. The molecule has 86 valence electrons. The molecule has 0 radical (unpaired) electrons. The summed E-state index contributed by atoms with van der Waals surface area (Å²) in [6.07, 6.45) is -0.303. The van der Waals surface area contributed by atoms with E-state index in [1.54, 1.807) is 4.90 Å². The second kappa shape index (κ2) is 5.09. The fourth-order valence-corrected chi connectivity index (χ4v) is 1.67. The zero-order valence-electron chi connectivity index (χ0n) is 8.80. The predicted molar refractivity (Wildman–Crippen MR) is 50.0 cm³/mol. The third-order valence-corrected chi connectivity index (χ3v) is 2.41. The van der Waals surface area contributed by atoms with Gasteiger partial charge in [-0.1, -0.05) is 0 Å². The summed E-state index contributed by atoms with van der Waals surface area (Å²) in [5, 5.41) is 9.40. The van der Waals surface area contributed by atoms with E-state index in [1.807, 2.05) is 0 Å². The van der Waals surface area contributed by atoms with Crippen molar-refractivity contribution in [2.45, 2.75) is 18.6 Å². The minimum atomic E-state index is -0.598. The lowest BCUT2D eigenvalue weighted by molar-refractivity contribution is -0.148. The van der Waals surface area contributed by atoms with Gasteiger partial charge in [-0.15, -0.1) is 0 Å². The number of methoxy groups -OCH3 is 2. The van der Waals surface area contributed by atoms with E-state index in [4.69, 9.17) is 0 Å². The van der Waals surface area contributed by atoms with Gasteiger partial charge in [-0.3, -0.25) is 14.5 Å². The van der Waals surface area contributed by atoms with E-state index in [0.29, 0.717) is 6.42 Å². The summed E-state index contributed by atoms with van der Waals surface area (Å²) in [5.41, 5.74) is 0. The molecule has 1 fully saturated rings.